The molecular formula is C12H15N3O. The van der Waals surface area contributed by atoms with E-state index in [4.69, 9.17) is 0 Å². The van der Waals surface area contributed by atoms with E-state index in [9.17, 15) is 4.79 Å². The number of hydrogen-bond acceptors (Lipinski definition) is 3. The zero-order valence-electron chi connectivity index (χ0n) is 9.96. The Morgan fingerprint density at radius 1 is 1.25 bits per heavy atom. The van der Waals surface area contributed by atoms with Crippen LogP contribution in [0.1, 0.15) is 11.1 Å². The van der Waals surface area contributed by atoms with Gasteiger partial charge < -0.3 is 5.32 Å². The Morgan fingerprint density at radius 3 is 2.56 bits per heavy atom. The van der Waals surface area contributed by atoms with Gasteiger partial charge in [-0.2, -0.15) is 0 Å². The van der Waals surface area contributed by atoms with E-state index in [1.165, 1.54) is 0 Å². The molecule has 0 unspecified atom stereocenters. The minimum absolute atomic E-state index is 0.0192. The second kappa shape index (κ2) is 3.63. The van der Waals surface area contributed by atoms with E-state index in [1.807, 2.05) is 33.0 Å². The van der Waals surface area contributed by atoms with E-state index in [0.29, 0.717) is 0 Å². The molecule has 2 aromatic rings. The number of hydrogen-bond donors (Lipinski definition) is 1. The minimum Gasteiger partial charge on any atom is -0.373 e. The van der Waals surface area contributed by atoms with Crippen molar-refractivity contribution in [1.82, 2.24) is 9.55 Å². The molecule has 0 aliphatic heterocycles. The van der Waals surface area contributed by atoms with Gasteiger partial charge in [-0.05, 0) is 31.5 Å². The molecule has 0 spiro atoms. The van der Waals surface area contributed by atoms with Gasteiger partial charge >= 0.3 is 0 Å². The van der Waals surface area contributed by atoms with Crippen LogP contribution >= 0.6 is 0 Å². The summed E-state index contributed by atoms with van der Waals surface area (Å²) in [6, 6.07) is 3.91. The van der Waals surface area contributed by atoms with Gasteiger partial charge in [0.15, 0.2) is 0 Å². The molecule has 4 heteroatoms. The molecule has 0 saturated heterocycles. The van der Waals surface area contributed by atoms with E-state index in [0.717, 1.165) is 28.0 Å². The Hall–Kier alpha value is -1.84. The lowest BCUT2D eigenvalue weighted by molar-refractivity contribution is 0.872. The summed E-state index contributed by atoms with van der Waals surface area (Å²) in [6.45, 7) is 3.81. The SMILES string of the molecule is CNc1ccc2c(C)c(C)c(=O)n(C)c2n1. The van der Waals surface area contributed by atoms with Gasteiger partial charge in [0.2, 0.25) is 0 Å². The molecule has 2 heterocycles. The highest BCUT2D eigenvalue weighted by atomic mass is 16.1. The van der Waals surface area contributed by atoms with Crippen molar-refractivity contribution in [1.29, 1.82) is 0 Å². The molecule has 0 aliphatic rings. The van der Waals surface area contributed by atoms with Gasteiger partial charge in [0, 0.05) is 25.0 Å². The zero-order chi connectivity index (χ0) is 11.9. The fourth-order valence-electron chi connectivity index (χ4n) is 1.85. The summed E-state index contributed by atoms with van der Waals surface area (Å²) in [5.41, 5.74) is 2.54. The summed E-state index contributed by atoms with van der Waals surface area (Å²) in [6.07, 6.45) is 0. The fourth-order valence-corrected chi connectivity index (χ4v) is 1.85. The molecular weight excluding hydrogens is 202 g/mol. The van der Waals surface area contributed by atoms with Crippen molar-refractivity contribution in [2.45, 2.75) is 13.8 Å². The molecule has 0 aromatic carbocycles. The zero-order valence-corrected chi connectivity index (χ0v) is 9.96. The second-order valence-electron chi connectivity index (χ2n) is 3.93. The Labute approximate surface area is 93.9 Å². The minimum atomic E-state index is 0.0192. The molecule has 2 aromatic heterocycles. The summed E-state index contributed by atoms with van der Waals surface area (Å²) in [5, 5.41) is 4.00. The van der Waals surface area contributed by atoms with Crippen molar-refractivity contribution in [3.8, 4) is 0 Å². The lowest BCUT2D eigenvalue weighted by Crippen LogP contribution is -2.21. The largest absolute Gasteiger partial charge is 0.373 e. The fraction of sp³-hybridized carbons (Fsp3) is 0.333. The van der Waals surface area contributed by atoms with Crippen LogP contribution in [0.5, 0.6) is 0 Å². The predicted octanol–water partition coefficient (Wildman–Crippen LogP) is 1.59. The number of fused-ring (bicyclic) bond motifs is 1. The van der Waals surface area contributed by atoms with Gasteiger partial charge in [-0.3, -0.25) is 9.36 Å². The second-order valence-corrected chi connectivity index (χ2v) is 3.93. The van der Waals surface area contributed by atoms with Gasteiger partial charge in [0.25, 0.3) is 5.56 Å². The summed E-state index contributed by atoms with van der Waals surface area (Å²) >= 11 is 0. The Bertz CT molecular complexity index is 614. The van der Waals surface area contributed by atoms with Crippen LogP contribution in [-0.2, 0) is 7.05 Å². The van der Waals surface area contributed by atoms with Gasteiger partial charge in [0.1, 0.15) is 11.5 Å². The molecule has 0 amide bonds. The summed E-state index contributed by atoms with van der Waals surface area (Å²) in [5.74, 6) is 0.769. The summed E-state index contributed by atoms with van der Waals surface area (Å²) in [7, 11) is 3.57. The van der Waals surface area contributed by atoms with Gasteiger partial charge in [0.05, 0.1) is 0 Å². The van der Waals surface area contributed by atoms with E-state index in [2.05, 4.69) is 10.3 Å². The molecule has 84 valence electrons. The Kier molecular flexibility index (Phi) is 2.42. The van der Waals surface area contributed by atoms with Crippen molar-refractivity contribution in [3.05, 3.63) is 33.6 Å². The molecule has 0 saturated carbocycles. The highest BCUT2D eigenvalue weighted by Crippen LogP contribution is 2.18. The van der Waals surface area contributed by atoms with Crippen molar-refractivity contribution >= 4 is 16.9 Å². The number of anilines is 1. The first-order valence-corrected chi connectivity index (χ1v) is 5.21. The van der Waals surface area contributed by atoms with Gasteiger partial charge in [-0.1, -0.05) is 0 Å². The number of aromatic nitrogens is 2. The Morgan fingerprint density at radius 2 is 1.94 bits per heavy atom. The van der Waals surface area contributed by atoms with Gasteiger partial charge in [-0.25, -0.2) is 4.98 Å². The molecule has 16 heavy (non-hydrogen) atoms. The first kappa shape index (κ1) is 10.7. The quantitative estimate of drug-likeness (QED) is 0.789. The summed E-state index contributed by atoms with van der Waals surface area (Å²) in [4.78, 5) is 16.3. The van der Waals surface area contributed by atoms with Crippen molar-refractivity contribution < 1.29 is 0 Å². The van der Waals surface area contributed by atoms with Crippen LogP contribution in [0.4, 0.5) is 5.82 Å². The normalized spacial score (nSPS) is 10.8. The van der Waals surface area contributed by atoms with Crippen LogP contribution in [0.25, 0.3) is 11.0 Å². The third-order valence-corrected chi connectivity index (χ3v) is 3.04. The molecule has 4 nitrogen and oxygen atoms in total. The van der Waals surface area contributed by atoms with Crippen molar-refractivity contribution in [2.75, 3.05) is 12.4 Å². The van der Waals surface area contributed by atoms with Crippen LogP contribution in [0.3, 0.4) is 0 Å². The predicted molar refractivity (Wildman–Crippen MR) is 66.0 cm³/mol. The highest BCUT2D eigenvalue weighted by molar-refractivity contribution is 5.81. The Balaban J connectivity index is 2.97. The third kappa shape index (κ3) is 1.38. The van der Waals surface area contributed by atoms with Gasteiger partial charge in [-0.15, -0.1) is 0 Å². The third-order valence-electron chi connectivity index (χ3n) is 3.04. The maximum atomic E-state index is 11.9. The van der Waals surface area contributed by atoms with Crippen LogP contribution < -0.4 is 10.9 Å². The molecule has 0 aliphatic carbocycles. The van der Waals surface area contributed by atoms with Crippen LogP contribution in [0, 0.1) is 13.8 Å². The summed E-state index contributed by atoms with van der Waals surface area (Å²) < 4.78 is 1.60. The number of aryl methyl sites for hydroxylation is 2. The highest BCUT2D eigenvalue weighted by Gasteiger charge is 2.09. The molecule has 1 N–H and O–H groups in total. The molecule has 0 atom stereocenters. The lowest BCUT2D eigenvalue weighted by atomic mass is 10.1. The maximum absolute atomic E-state index is 11.9. The molecule has 2 rings (SSSR count). The number of nitrogens with one attached hydrogen (secondary N) is 1. The van der Waals surface area contributed by atoms with E-state index < -0.39 is 0 Å². The van der Waals surface area contributed by atoms with E-state index >= 15 is 0 Å². The topological polar surface area (TPSA) is 46.9 Å². The maximum Gasteiger partial charge on any atom is 0.255 e. The molecule has 0 radical (unpaired) electrons. The molecule has 0 bridgehead atoms. The number of pyridine rings is 2. The standard InChI is InChI=1S/C12H15N3O/c1-7-8(2)12(16)15(4)11-9(7)5-6-10(13-3)14-11/h5-6H,1-4H3,(H,13,14). The van der Waals surface area contributed by atoms with Crippen molar-refractivity contribution in [2.24, 2.45) is 7.05 Å². The average Bonchev–Trinajstić information content (AvgIpc) is 2.33. The first-order valence-electron chi connectivity index (χ1n) is 5.21. The molecule has 0 fully saturated rings. The first-order chi connectivity index (χ1) is 7.56. The average molecular weight is 217 g/mol. The number of nitrogens with zero attached hydrogens (tertiary/aromatic N) is 2. The van der Waals surface area contributed by atoms with Crippen LogP contribution in [0.15, 0.2) is 16.9 Å². The smallest absolute Gasteiger partial charge is 0.255 e. The van der Waals surface area contributed by atoms with Crippen molar-refractivity contribution in [3.63, 3.8) is 0 Å². The number of rotatable bonds is 1. The van der Waals surface area contributed by atoms with Crippen LogP contribution in [-0.4, -0.2) is 16.6 Å². The van der Waals surface area contributed by atoms with Crippen LogP contribution in [0.2, 0.25) is 0 Å². The van der Waals surface area contributed by atoms with E-state index in [-0.39, 0.29) is 5.56 Å². The lowest BCUT2D eigenvalue weighted by Gasteiger charge is -2.10. The van der Waals surface area contributed by atoms with E-state index in [1.54, 1.807) is 11.6 Å². The monoisotopic (exact) mass is 217 g/mol.